The third-order valence-electron chi connectivity index (χ3n) is 2.96. The predicted octanol–water partition coefficient (Wildman–Crippen LogP) is 2.45. The quantitative estimate of drug-likeness (QED) is 0.858. The Balaban J connectivity index is 2.09. The van der Waals surface area contributed by atoms with E-state index in [2.05, 4.69) is 10.2 Å². The van der Waals surface area contributed by atoms with E-state index in [0.29, 0.717) is 24.4 Å². The van der Waals surface area contributed by atoms with E-state index < -0.39 is 0 Å². The van der Waals surface area contributed by atoms with Gasteiger partial charge in [0.1, 0.15) is 5.78 Å². The highest BCUT2D eigenvalue weighted by Gasteiger charge is 2.13. The maximum atomic E-state index is 12.2. The first kappa shape index (κ1) is 15.1. The Morgan fingerprint density at radius 2 is 2.00 bits per heavy atom. The lowest BCUT2D eigenvalue weighted by atomic mass is 10.1. The Kier molecular flexibility index (Phi) is 4.64. The van der Waals surface area contributed by atoms with Gasteiger partial charge in [-0.1, -0.05) is 0 Å². The summed E-state index contributed by atoms with van der Waals surface area (Å²) in [7, 11) is 1.67. The number of hydrogen-bond donors (Lipinski definition) is 1. The number of amides is 1. The number of Topliss-reactive ketones (excluding diaryl/α,β-unsaturated/α-hetero) is 1. The van der Waals surface area contributed by atoms with E-state index in [9.17, 15) is 9.59 Å². The summed E-state index contributed by atoms with van der Waals surface area (Å²) in [5.41, 5.74) is 1.27. The van der Waals surface area contributed by atoms with Gasteiger partial charge in [0.2, 0.25) is 5.89 Å². The lowest BCUT2D eigenvalue weighted by molar-refractivity contribution is -0.117. The second kappa shape index (κ2) is 6.45. The fraction of sp³-hybridized carbons (Fsp3) is 0.286. The monoisotopic (exact) mass is 305 g/mol. The molecule has 0 radical (unpaired) electrons. The fourth-order valence-corrected chi connectivity index (χ4v) is 1.88. The molecule has 0 aliphatic rings. The molecule has 1 aromatic carbocycles. The first-order chi connectivity index (χ1) is 9.97. The van der Waals surface area contributed by atoms with E-state index in [1.54, 1.807) is 31.3 Å². The zero-order chi connectivity index (χ0) is 15.4. The molecular weight excluding hydrogens is 290 g/mol. The SMILES string of the molecule is CC(=O)CCN(C)C(=O)c1ccc(-c2n[nH]c(=S)o2)cc1. The Bertz CT molecular complexity index is 703. The molecule has 1 amide bonds. The first-order valence-electron chi connectivity index (χ1n) is 6.38. The van der Waals surface area contributed by atoms with Crippen molar-refractivity contribution in [3.8, 4) is 11.5 Å². The Morgan fingerprint density at radius 3 is 2.52 bits per heavy atom. The summed E-state index contributed by atoms with van der Waals surface area (Å²) in [5, 5.41) is 6.46. The van der Waals surface area contributed by atoms with Crippen LogP contribution in [0.2, 0.25) is 0 Å². The topological polar surface area (TPSA) is 79.2 Å². The number of H-pyrrole nitrogens is 1. The molecule has 0 aliphatic heterocycles. The second-order valence-corrected chi connectivity index (χ2v) is 5.05. The predicted molar refractivity (Wildman–Crippen MR) is 79.4 cm³/mol. The van der Waals surface area contributed by atoms with E-state index >= 15 is 0 Å². The summed E-state index contributed by atoms with van der Waals surface area (Å²) in [6.45, 7) is 1.91. The molecule has 0 aliphatic carbocycles. The fourth-order valence-electron chi connectivity index (χ4n) is 1.76. The van der Waals surface area contributed by atoms with Crippen LogP contribution in [-0.4, -0.2) is 40.4 Å². The summed E-state index contributed by atoms with van der Waals surface area (Å²) in [4.78, 5) is 24.8. The molecule has 0 atom stereocenters. The van der Waals surface area contributed by atoms with Gasteiger partial charge in [0.05, 0.1) is 0 Å². The first-order valence-corrected chi connectivity index (χ1v) is 6.79. The molecule has 0 saturated carbocycles. The minimum absolute atomic E-state index is 0.0601. The molecule has 110 valence electrons. The summed E-state index contributed by atoms with van der Waals surface area (Å²) in [6, 6.07) is 6.85. The number of rotatable bonds is 5. The number of carbonyl (C=O) groups excluding carboxylic acids is 2. The normalized spacial score (nSPS) is 10.4. The minimum Gasteiger partial charge on any atom is -0.409 e. The molecule has 0 saturated heterocycles. The number of nitrogens with zero attached hydrogens (tertiary/aromatic N) is 2. The van der Waals surface area contributed by atoms with Crippen LogP contribution in [-0.2, 0) is 4.79 Å². The molecule has 1 aromatic heterocycles. The zero-order valence-corrected chi connectivity index (χ0v) is 12.6. The largest absolute Gasteiger partial charge is 0.409 e. The number of aromatic amines is 1. The van der Waals surface area contributed by atoms with Gasteiger partial charge >= 0.3 is 0 Å². The molecule has 1 heterocycles. The summed E-state index contributed by atoms with van der Waals surface area (Å²) in [6.07, 6.45) is 0.355. The molecule has 0 fully saturated rings. The summed E-state index contributed by atoms with van der Waals surface area (Å²) < 4.78 is 5.20. The molecule has 0 spiro atoms. The Labute approximate surface area is 126 Å². The smallest absolute Gasteiger partial charge is 0.284 e. The second-order valence-electron chi connectivity index (χ2n) is 4.67. The van der Waals surface area contributed by atoms with Gasteiger partial charge in [0.15, 0.2) is 0 Å². The van der Waals surface area contributed by atoms with E-state index in [1.165, 1.54) is 11.8 Å². The van der Waals surface area contributed by atoms with Gasteiger partial charge < -0.3 is 9.32 Å². The maximum absolute atomic E-state index is 12.2. The standard InChI is InChI=1S/C14H15N3O3S/c1-9(18)7-8-17(2)13(19)11-5-3-10(4-6-11)12-15-16-14(21)20-12/h3-6H,7-8H2,1-2H3,(H,16,21). The van der Waals surface area contributed by atoms with Crippen LogP contribution in [0.15, 0.2) is 28.7 Å². The van der Waals surface area contributed by atoms with Gasteiger partial charge in [-0.15, -0.1) is 5.10 Å². The van der Waals surface area contributed by atoms with Gasteiger partial charge in [-0.05, 0) is 43.4 Å². The van der Waals surface area contributed by atoms with Crippen LogP contribution in [0.4, 0.5) is 0 Å². The van der Waals surface area contributed by atoms with Crippen molar-refractivity contribution in [1.29, 1.82) is 0 Å². The highest BCUT2D eigenvalue weighted by molar-refractivity contribution is 7.71. The number of aromatic nitrogens is 2. The lowest BCUT2D eigenvalue weighted by Gasteiger charge is -2.16. The number of nitrogens with one attached hydrogen (secondary N) is 1. The van der Waals surface area contributed by atoms with Crippen LogP contribution in [0, 0.1) is 4.84 Å². The maximum Gasteiger partial charge on any atom is 0.284 e. The van der Waals surface area contributed by atoms with Crippen molar-refractivity contribution < 1.29 is 14.0 Å². The number of carbonyl (C=O) groups is 2. The summed E-state index contributed by atoms with van der Waals surface area (Å²) in [5.74, 6) is 0.305. The minimum atomic E-state index is -0.134. The third kappa shape index (κ3) is 3.85. The molecule has 2 aromatic rings. The van der Waals surface area contributed by atoms with Crippen molar-refractivity contribution in [1.82, 2.24) is 15.1 Å². The van der Waals surface area contributed by atoms with E-state index in [-0.39, 0.29) is 16.5 Å². The Morgan fingerprint density at radius 1 is 1.33 bits per heavy atom. The molecule has 6 nitrogen and oxygen atoms in total. The average Bonchev–Trinajstić information content (AvgIpc) is 2.90. The summed E-state index contributed by atoms with van der Waals surface area (Å²) >= 11 is 4.81. The van der Waals surface area contributed by atoms with E-state index in [0.717, 1.165) is 5.56 Å². The highest BCUT2D eigenvalue weighted by atomic mass is 32.1. The third-order valence-corrected chi connectivity index (χ3v) is 3.14. The Hall–Kier alpha value is -2.28. The average molecular weight is 305 g/mol. The van der Waals surface area contributed by atoms with Crippen LogP contribution < -0.4 is 0 Å². The van der Waals surface area contributed by atoms with Gasteiger partial charge in [-0.3, -0.25) is 9.59 Å². The van der Waals surface area contributed by atoms with Crippen molar-refractivity contribution in [2.45, 2.75) is 13.3 Å². The van der Waals surface area contributed by atoms with Crippen molar-refractivity contribution in [2.75, 3.05) is 13.6 Å². The van der Waals surface area contributed by atoms with Crippen LogP contribution in [0.1, 0.15) is 23.7 Å². The van der Waals surface area contributed by atoms with Crippen molar-refractivity contribution in [3.63, 3.8) is 0 Å². The van der Waals surface area contributed by atoms with E-state index in [4.69, 9.17) is 16.6 Å². The molecule has 0 unspecified atom stereocenters. The highest BCUT2D eigenvalue weighted by Crippen LogP contribution is 2.17. The molecule has 1 N–H and O–H groups in total. The van der Waals surface area contributed by atoms with Crippen LogP contribution >= 0.6 is 12.2 Å². The molecule has 2 rings (SSSR count). The molecular formula is C14H15N3O3S. The number of benzene rings is 1. The van der Waals surface area contributed by atoms with Crippen molar-refractivity contribution in [3.05, 3.63) is 34.7 Å². The van der Waals surface area contributed by atoms with Gasteiger partial charge in [0, 0.05) is 31.1 Å². The van der Waals surface area contributed by atoms with E-state index in [1.807, 2.05) is 0 Å². The lowest BCUT2D eigenvalue weighted by Crippen LogP contribution is -2.28. The molecule has 7 heteroatoms. The number of ketones is 1. The van der Waals surface area contributed by atoms with Crippen LogP contribution in [0.5, 0.6) is 0 Å². The van der Waals surface area contributed by atoms with Crippen molar-refractivity contribution in [2.24, 2.45) is 0 Å². The van der Waals surface area contributed by atoms with Gasteiger partial charge in [-0.2, -0.15) is 0 Å². The molecule has 21 heavy (non-hydrogen) atoms. The van der Waals surface area contributed by atoms with Gasteiger partial charge in [-0.25, -0.2) is 5.10 Å². The molecule has 0 bridgehead atoms. The van der Waals surface area contributed by atoms with Crippen LogP contribution in [0.25, 0.3) is 11.5 Å². The van der Waals surface area contributed by atoms with Gasteiger partial charge in [0.25, 0.3) is 10.7 Å². The van der Waals surface area contributed by atoms with Crippen molar-refractivity contribution >= 4 is 23.9 Å². The number of hydrogen-bond acceptors (Lipinski definition) is 5. The zero-order valence-electron chi connectivity index (χ0n) is 11.8. The van der Waals surface area contributed by atoms with Crippen LogP contribution in [0.3, 0.4) is 0 Å².